The summed E-state index contributed by atoms with van der Waals surface area (Å²) in [5.74, 6) is -0.422. The van der Waals surface area contributed by atoms with Crippen molar-refractivity contribution in [3.05, 3.63) is 64.1 Å². The molecule has 114 valence electrons. The van der Waals surface area contributed by atoms with Gasteiger partial charge in [-0.1, -0.05) is 23.2 Å². The molecule has 2 amide bonds. The molecule has 2 N–H and O–H groups in total. The summed E-state index contributed by atoms with van der Waals surface area (Å²) in [6.07, 6.45) is 0.182. The number of benzene rings is 2. The van der Waals surface area contributed by atoms with Crippen molar-refractivity contribution in [2.45, 2.75) is 6.42 Å². The molecule has 0 aliphatic carbocycles. The summed E-state index contributed by atoms with van der Waals surface area (Å²) in [5, 5.41) is 6.58. The molecule has 2 aromatic rings. The number of carbonyl (C=O) groups excluding carboxylic acids is 2. The minimum absolute atomic E-state index is 0.182. The van der Waals surface area contributed by atoms with Crippen molar-refractivity contribution in [2.24, 2.45) is 0 Å². The van der Waals surface area contributed by atoms with E-state index in [1.165, 1.54) is 0 Å². The average Bonchev–Trinajstić information content (AvgIpc) is 2.50. The van der Waals surface area contributed by atoms with E-state index >= 15 is 0 Å². The number of amides is 2. The summed E-state index contributed by atoms with van der Waals surface area (Å²) in [4.78, 5) is 23.6. The van der Waals surface area contributed by atoms with Gasteiger partial charge in [0.1, 0.15) is 0 Å². The maximum absolute atomic E-state index is 11.8. The van der Waals surface area contributed by atoms with Crippen LogP contribution in [0, 0.1) is 0 Å². The van der Waals surface area contributed by atoms with Crippen LogP contribution in [-0.4, -0.2) is 18.4 Å². The Hall–Kier alpha value is -2.04. The Balaban J connectivity index is 1.75. The fraction of sp³-hybridized carbons (Fsp3) is 0.125. The first kappa shape index (κ1) is 16.3. The number of halogens is 2. The fourth-order valence-electron chi connectivity index (χ4n) is 1.75. The van der Waals surface area contributed by atoms with Crippen molar-refractivity contribution in [2.75, 3.05) is 11.9 Å². The van der Waals surface area contributed by atoms with E-state index in [0.29, 0.717) is 21.3 Å². The SMILES string of the molecule is O=C(CCNC(=O)c1ccc(Cl)cc1)Nc1ccc(Cl)cc1. The number of rotatable bonds is 5. The van der Waals surface area contributed by atoms with Gasteiger partial charge in [0.25, 0.3) is 5.91 Å². The molecule has 0 saturated heterocycles. The van der Waals surface area contributed by atoms with Gasteiger partial charge < -0.3 is 10.6 Å². The largest absolute Gasteiger partial charge is 0.352 e. The van der Waals surface area contributed by atoms with Crippen molar-refractivity contribution in [1.82, 2.24) is 5.32 Å². The molecule has 0 unspecified atom stereocenters. The molecule has 0 aliphatic heterocycles. The molecule has 0 fully saturated rings. The molecule has 0 aliphatic rings. The van der Waals surface area contributed by atoms with Crippen molar-refractivity contribution in [3.8, 4) is 0 Å². The van der Waals surface area contributed by atoms with Crippen LogP contribution in [0.3, 0.4) is 0 Å². The van der Waals surface area contributed by atoms with E-state index in [4.69, 9.17) is 23.2 Å². The quantitative estimate of drug-likeness (QED) is 0.873. The summed E-state index contributed by atoms with van der Waals surface area (Å²) in [7, 11) is 0. The molecule has 0 aromatic heterocycles. The summed E-state index contributed by atoms with van der Waals surface area (Å²) in [6, 6.07) is 13.4. The second-order valence-electron chi connectivity index (χ2n) is 4.57. The lowest BCUT2D eigenvalue weighted by atomic mass is 10.2. The van der Waals surface area contributed by atoms with E-state index in [1.807, 2.05) is 0 Å². The van der Waals surface area contributed by atoms with Crippen LogP contribution in [0.2, 0.25) is 10.0 Å². The first-order chi connectivity index (χ1) is 10.5. The topological polar surface area (TPSA) is 58.2 Å². The highest BCUT2D eigenvalue weighted by molar-refractivity contribution is 6.31. The Labute approximate surface area is 138 Å². The van der Waals surface area contributed by atoms with E-state index in [1.54, 1.807) is 48.5 Å². The van der Waals surface area contributed by atoms with Gasteiger partial charge >= 0.3 is 0 Å². The van der Waals surface area contributed by atoms with Gasteiger partial charge in [0.2, 0.25) is 5.91 Å². The zero-order chi connectivity index (χ0) is 15.9. The third-order valence-corrected chi connectivity index (χ3v) is 3.38. The standard InChI is InChI=1S/C16H14Cl2N2O2/c17-12-3-1-11(2-4-12)16(22)19-10-9-15(21)20-14-7-5-13(18)6-8-14/h1-8H,9-10H2,(H,19,22)(H,20,21). The third kappa shape index (κ3) is 5.06. The summed E-state index contributed by atoms with van der Waals surface area (Å²) in [5.41, 5.74) is 1.17. The molecular weight excluding hydrogens is 323 g/mol. The van der Waals surface area contributed by atoms with Crippen molar-refractivity contribution in [1.29, 1.82) is 0 Å². The third-order valence-electron chi connectivity index (χ3n) is 2.87. The lowest BCUT2D eigenvalue weighted by molar-refractivity contribution is -0.116. The van der Waals surface area contributed by atoms with Gasteiger partial charge in [0, 0.05) is 34.3 Å². The number of hydrogen-bond acceptors (Lipinski definition) is 2. The summed E-state index contributed by atoms with van der Waals surface area (Å²) >= 11 is 11.5. The molecule has 6 heteroatoms. The molecule has 0 radical (unpaired) electrons. The van der Waals surface area contributed by atoms with E-state index in [0.717, 1.165) is 0 Å². The first-order valence-electron chi connectivity index (χ1n) is 6.64. The van der Waals surface area contributed by atoms with Crippen LogP contribution in [0.5, 0.6) is 0 Å². The molecule has 2 rings (SSSR count). The predicted molar refractivity (Wildman–Crippen MR) is 88.5 cm³/mol. The molecule has 0 heterocycles. The zero-order valence-electron chi connectivity index (χ0n) is 11.6. The summed E-state index contributed by atoms with van der Waals surface area (Å²) in [6.45, 7) is 0.251. The first-order valence-corrected chi connectivity index (χ1v) is 7.39. The Bertz CT molecular complexity index is 655. The monoisotopic (exact) mass is 336 g/mol. The Morgan fingerprint density at radius 1 is 0.864 bits per heavy atom. The van der Waals surface area contributed by atoms with Crippen LogP contribution in [0.25, 0.3) is 0 Å². The van der Waals surface area contributed by atoms with Crippen molar-refractivity contribution < 1.29 is 9.59 Å². The van der Waals surface area contributed by atoms with Crippen LogP contribution >= 0.6 is 23.2 Å². The molecule has 0 atom stereocenters. The highest BCUT2D eigenvalue weighted by atomic mass is 35.5. The maximum Gasteiger partial charge on any atom is 0.251 e. The molecule has 0 bridgehead atoms. The predicted octanol–water partition coefficient (Wildman–Crippen LogP) is 3.75. The molecule has 0 spiro atoms. The van der Waals surface area contributed by atoms with Crippen LogP contribution in [-0.2, 0) is 4.79 Å². The second kappa shape index (κ2) is 7.82. The Morgan fingerprint density at radius 2 is 1.41 bits per heavy atom. The van der Waals surface area contributed by atoms with E-state index in [2.05, 4.69) is 10.6 Å². The lowest BCUT2D eigenvalue weighted by Crippen LogP contribution is -2.27. The number of hydrogen-bond donors (Lipinski definition) is 2. The second-order valence-corrected chi connectivity index (χ2v) is 5.44. The van der Waals surface area contributed by atoms with E-state index < -0.39 is 0 Å². The highest BCUT2D eigenvalue weighted by Gasteiger charge is 2.07. The van der Waals surface area contributed by atoms with Crippen LogP contribution in [0.15, 0.2) is 48.5 Å². The minimum atomic E-state index is -0.240. The van der Waals surface area contributed by atoms with Crippen LogP contribution in [0.1, 0.15) is 16.8 Å². The smallest absolute Gasteiger partial charge is 0.251 e. The molecule has 2 aromatic carbocycles. The van der Waals surface area contributed by atoms with Crippen LogP contribution < -0.4 is 10.6 Å². The zero-order valence-corrected chi connectivity index (χ0v) is 13.1. The summed E-state index contributed by atoms with van der Waals surface area (Å²) < 4.78 is 0. The van der Waals surface area contributed by atoms with E-state index in [9.17, 15) is 9.59 Å². The minimum Gasteiger partial charge on any atom is -0.352 e. The molecule has 0 saturated carbocycles. The van der Waals surface area contributed by atoms with Gasteiger partial charge in [-0.25, -0.2) is 0 Å². The van der Waals surface area contributed by atoms with Gasteiger partial charge in [0.15, 0.2) is 0 Å². The van der Waals surface area contributed by atoms with Gasteiger partial charge in [-0.05, 0) is 48.5 Å². The van der Waals surface area contributed by atoms with Gasteiger partial charge in [-0.15, -0.1) is 0 Å². The molecular formula is C16H14Cl2N2O2. The Kier molecular flexibility index (Phi) is 5.81. The molecule has 22 heavy (non-hydrogen) atoms. The number of nitrogens with one attached hydrogen (secondary N) is 2. The number of carbonyl (C=O) groups is 2. The maximum atomic E-state index is 11.8. The average molecular weight is 337 g/mol. The van der Waals surface area contributed by atoms with Gasteiger partial charge in [-0.3, -0.25) is 9.59 Å². The molecule has 4 nitrogen and oxygen atoms in total. The van der Waals surface area contributed by atoms with Crippen molar-refractivity contribution in [3.63, 3.8) is 0 Å². The fourth-order valence-corrected chi connectivity index (χ4v) is 2.00. The lowest BCUT2D eigenvalue weighted by Gasteiger charge is -2.07. The van der Waals surface area contributed by atoms with Crippen LogP contribution in [0.4, 0.5) is 5.69 Å². The van der Waals surface area contributed by atoms with Gasteiger partial charge in [-0.2, -0.15) is 0 Å². The Morgan fingerprint density at radius 3 is 2.00 bits per heavy atom. The normalized spacial score (nSPS) is 10.1. The number of anilines is 1. The van der Waals surface area contributed by atoms with Crippen molar-refractivity contribution >= 4 is 40.7 Å². The van der Waals surface area contributed by atoms with E-state index in [-0.39, 0.29) is 24.8 Å². The van der Waals surface area contributed by atoms with Gasteiger partial charge in [0.05, 0.1) is 0 Å². The highest BCUT2D eigenvalue weighted by Crippen LogP contribution is 2.13.